The number of anilines is 1. The highest BCUT2D eigenvalue weighted by atomic mass is 35.5. The van der Waals surface area contributed by atoms with Gasteiger partial charge in [-0.1, -0.05) is 41.9 Å². The maximum atomic E-state index is 12.2. The average Bonchev–Trinajstić information content (AvgIpc) is 2.96. The van der Waals surface area contributed by atoms with Gasteiger partial charge in [0.25, 0.3) is 5.91 Å². The van der Waals surface area contributed by atoms with E-state index in [1.165, 1.54) is 0 Å². The minimum atomic E-state index is -0.194. The molecule has 0 radical (unpaired) electrons. The molecule has 0 aliphatic rings. The summed E-state index contributed by atoms with van der Waals surface area (Å²) >= 11 is 7.26. The normalized spacial score (nSPS) is 10.5. The molecule has 6 heteroatoms. The lowest BCUT2D eigenvalue weighted by Crippen LogP contribution is -2.12. The quantitative estimate of drug-likeness (QED) is 0.774. The Hall–Kier alpha value is -2.24. The highest BCUT2D eigenvalue weighted by Crippen LogP contribution is 2.27. The van der Waals surface area contributed by atoms with Crippen molar-refractivity contribution in [2.24, 2.45) is 0 Å². The molecule has 0 saturated carbocycles. The molecule has 1 heterocycles. The highest BCUT2D eigenvalue weighted by molar-refractivity contribution is 7.10. The first kappa shape index (κ1) is 14.7. The Morgan fingerprint density at radius 1 is 1.14 bits per heavy atom. The van der Waals surface area contributed by atoms with Crippen LogP contribution in [-0.2, 0) is 0 Å². The van der Waals surface area contributed by atoms with Gasteiger partial charge >= 0.3 is 0 Å². The van der Waals surface area contributed by atoms with Crippen molar-refractivity contribution in [1.29, 1.82) is 0 Å². The molecule has 0 fully saturated rings. The van der Waals surface area contributed by atoms with Gasteiger partial charge in [-0.25, -0.2) is 0 Å². The monoisotopic (exact) mass is 329 g/mol. The van der Waals surface area contributed by atoms with Crippen LogP contribution in [0.2, 0.25) is 5.02 Å². The fourth-order valence-electron chi connectivity index (χ4n) is 2.02. The molecule has 4 nitrogen and oxygen atoms in total. The maximum Gasteiger partial charge on any atom is 0.257 e. The van der Waals surface area contributed by atoms with Gasteiger partial charge in [0.2, 0.25) is 5.13 Å². The van der Waals surface area contributed by atoms with Crippen molar-refractivity contribution in [3.8, 4) is 11.4 Å². The van der Waals surface area contributed by atoms with Crippen molar-refractivity contribution in [2.45, 2.75) is 6.92 Å². The zero-order valence-electron chi connectivity index (χ0n) is 11.7. The van der Waals surface area contributed by atoms with Crippen molar-refractivity contribution < 1.29 is 4.79 Å². The third-order valence-corrected chi connectivity index (χ3v) is 4.11. The van der Waals surface area contributed by atoms with Crippen molar-refractivity contribution in [2.75, 3.05) is 5.32 Å². The lowest BCUT2D eigenvalue weighted by atomic mass is 10.1. The largest absolute Gasteiger partial charge is 0.297 e. The van der Waals surface area contributed by atoms with E-state index >= 15 is 0 Å². The number of rotatable bonds is 3. The second kappa shape index (κ2) is 6.25. The molecule has 1 N–H and O–H groups in total. The SMILES string of the molecule is Cc1ccccc1C(=O)Nc1nc(-c2ccccc2Cl)ns1. The summed E-state index contributed by atoms with van der Waals surface area (Å²) in [6.45, 7) is 1.89. The van der Waals surface area contributed by atoms with Crippen LogP contribution in [0.25, 0.3) is 11.4 Å². The predicted molar refractivity (Wildman–Crippen MR) is 89.5 cm³/mol. The summed E-state index contributed by atoms with van der Waals surface area (Å²) in [6, 6.07) is 14.7. The van der Waals surface area contributed by atoms with E-state index in [0.29, 0.717) is 21.5 Å². The number of nitrogens with one attached hydrogen (secondary N) is 1. The zero-order chi connectivity index (χ0) is 15.5. The van der Waals surface area contributed by atoms with Crippen LogP contribution < -0.4 is 5.32 Å². The van der Waals surface area contributed by atoms with E-state index in [9.17, 15) is 4.79 Å². The number of amides is 1. The molecule has 0 aliphatic heterocycles. The summed E-state index contributed by atoms with van der Waals surface area (Å²) in [5.41, 5.74) is 2.28. The number of nitrogens with zero attached hydrogens (tertiary/aromatic N) is 2. The van der Waals surface area contributed by atoms with Gasteiger partial charge in [-0.3, -0.25) is 10.1 Å². The van der Waals surface area contributed by atoms with Crippen LogP contribution in [0.1, 0.15) is 15.9 Å². The number of aryl methyl sites for hydroxylation is 1. The summed E-state index contributed by atoms with van der Waals surface area (Å²) in [6.07, 6.45) is 0. The Kier molecular flexibility index (Phi) is 4.18. The molecular formula is C16H12ClN3OS. The molecule has 110 valence electrons. The molecule has 0 spiro atoms. The minimum absolute atomic E-state index is 0.194. The Bertz CT molecular complexity index is 832. The van der Waals surface area contributed by atoms with Crippen molar-refractivity contribution >= 4 is 34.2 Å². The second-order valence-electron chi connectivity index (χ2n) is 4.67. The fraction of sp³-hybridized carbons (Fsp3) is 0.0625. The van der Waals surface area contributed by atoms with Crippen LogP contribution in [0.5, 0.6) is 0 Å². The maximum absolute atomic E-state index is 12.2. The number of hydrogen-bond donors (Lipinski definition) is 1. The van der Waals surface area contributed by atoms with E-state index in [-0.39, 0.29) is 5.91 Å². The van der Waals surface area contributed by atoms with Crippen LogP contribution in [-0.4, -0.2) is 15.3 Å². The standard InChI is InChI=1S/C16H12ClN3OS/c1-10-6-2-3-7-11(10)15(21)19-16-18-14(20-22-16)12-8-4-5-9-13(12)17/h2-9H,1H3,(H,18,19,20,21). The number of halogens is 1. The number of hydrogen-bond acceptors (Lipinski definition) is 4. The minimum Gasteiger partial charge on any atom is -0.297 e. The van der Waals surface area contributed by atoms with Gasteiger partial charge < -0.3 is 0 Å². The molecule has 0 unspecified atom stereocenters. The molecule has 0 bridgehead atoms. The lowest BCUT2D eigenvalue weighted by molar-refractivity contribution is 0.102. The average molecular weight is 330 g/mol. The fourth-order valence-corrected chi connectivity index (χ4v) is 2.82. The van der Waals surface area contributed by atoms with Gasteiger partial charge in [0.05, 0.1) is 5.02 Å². The summed E-state index contributed by atoms with van der Waals surface area (Å²) in [7, 11) is 0. The van der Waals surface area contributed by atoms with Crippen molar-refractivity contribution in [3.63, 3.8) is 0 Å². The number of carbonyl (C=O) groups is 1. The van der Waals surface area contributed by atoms with Crippen LogP contribution >= 0.6 is 23.1 Å². The third-order valence-electron chi connectivity index (χ3n) is 3.15. The third kappa shape index (κ3) is 3.00. The molecule has 0 saturated heterocycles. The first-order valence-electron chi connectivity index (χ1n) is 6.61. The van der Waals surface area contributed by atoms with Gasteiger partial charge in [0, 0.05) is 22.7 Å². The van der Waals surface area contributed by atoms with Gasteiger partial charge in [-0.15, -0.1) is 0 Å². The molecular weight excluding hydrogens is 318 g/mol. The van der Waals surface area contributed by atoms with Gasteiger partial charge in [-0.05, 0) is 30.7 Å². The molecule has 3 aromatic rings. The summed E-state index contributed by atoms with van der Waals surface area (Å²) < 4.78 is 4.25. The summed E-state index contributed by atoms with van der Waals surface area (Å²) in [5, 5.41) is 3.80. The van der Waals surface area contributed by atoms with Crippen LogP contribution in [0.15, 0.2) is 48.5 Å². The van der Waals surface area contributed by atoms with E-state index in [1.807, 2.05) is 43.3 Å². The van der Waals surface area contributed by atoms with E-state index in [0.717, 1.165) is 22.7 Å². The van der Waals surface area contributed by atoms with Crippen molar-refractivity contribution in [3.05, 3.63) is 64.7 Å². The number of aromatic nitrogens is 2. The molecule has 22 heavy (non-hydrogen) atoms. The van der Waals surface area contributed by atoms with Crippen LogP contribution in [0, 0.1) is 6.92 Å². The molecule has 1 amide bonds. The molecule has 2 aromatic carbocycles. The van der Waals surface area contributed by atoms with Gasteiger partial charge in [0.1, 0.15) is 0 Å². The summed E-state index contributed by atoms with van der Waals surface area (Å²) in [5.74, 6) is 0.315. The zero-order valence-corrected chi connectivity index (χ0v) is 13.3. The topological polar surface area (TPSA) is 54.9 Å². The van der Waals surface area contributed by atoms with Crippen molar-refractivity contribution in [1.82, 2.24) is 9.36 Å². The second-order valence-corrected chi connectivity index (χ2v) is 5.83. The first-order valence-corrected chi connectivity index (χ1v) is 7.76. The smallest absolute Gasteiger partial charge is 0.257 e. The lowest BCUT2D eigenvalue weighted by Gasteiger charge is -2.04. The van der Waals surface area contributed by atoms with Gasteiger partial charge in [0.15, 0.2) is 5.82 Å². The van der Waals surface area contributed by atoms with E-state index in [1.54, 1.807) is 12.1 Å². The number of carbonyl (C=O) groups excluding carboxylic acids is 1. The Morgan fingerprint density at radius 2 is 1.86 bits per heavy atom. The highest BCUT2D eigenvalue weighted by Gasteiger charge is 2.13. The number of benzene rings is 2. The van der Waals surface area contributed by atoms with Gasteiger partial charge in [-0.2, -0.15) is 9.36 Å². The Labute approximate surface area is 137 Å². The molecule has 0 atom stereocenters. The summed E-state index contributed by atoms with van der Waals surface area (Å²) in [4.78, 5) is 16.6. The predicted octanol–water partition coefficient (Wildman–Crippen LogP) is 4.42. The van der Waals surface area contributed by atoms with Crippen LogP contribution in [0.3, 0.4) is 0 Å². The van der Waals surface area contributed by atoms with Crippen LogP contribution in [0.4, 0.5) is 5.13 Å². The van der Waals surface area contributed by atoms with E-state index in [2.05, 4.69) is 14.7 Å². The van der Waals surface area contributed by atoms with E-state index in [4.69, 9.17) is 11.6 Å². The van der Waals surface area contributed by atoms with E-state index < -0.39 is 0 Å². The Morgan fingerprint density at radius 3 is 2.64 bits per heavy atom. The molecule has 3 rings (SSSR count). The first-order chi connectivity index (χ1) is 10.6. The molecule has 0 aliphatic carbocycles. The molecule has 1 aromatic heterocycles. The Balaban J connectivity index is 1.82.